The fourth-order valence-corrected chi connectivity index (χ4v) is 2.40. The van der Waals surface area contributed by atoms with Crippen molar-refractivity contribution in [3.63, 3.8) is 0 Å². The molecule has 0 saturated carbocycles. The van der Waals surface area contributed by atoms with E-state index in [9.17, 15) is 0 Å². The smallest absolute Gasteiger partial charge is 0.191 e. The van der Waals surface area contributed by atoms with Crippen molar-refractivity contribution in [3.8, 4) is 11.5 Å². The van der Waals surface area contributed by atoms with Crippen molar-refractivity contribution in [3.05, 3.63) is 23.8 Å². The molecule has 0 aromatic heterocycles. The van der Waals surface area contributed by atoms with Crippen LogP contribution in [-0.2, 0) is 11.3 Å². The molecular weight excluding hydrogens is 306 g/mol. The molecule has 6 heteroatoms. The Balaban J connectivity index is 1.73. The maximum Gasteiger partial charge on any atom is 0.191 e. The molecule has 0 saturated heterocycles. The fraction of sp³-hybridized carbons (Fsp3) is 0.611. The predicted molar refractivity (Wildman–Crippen MR) is 96.0 cm³/mol. The van der Waals surface area contributed by atoms with Crippen LogP contribution in [0.3, 0.4) is 0 Å². The molecule has 0 fully saturated rings. The van der Waals surface area contributed by atoms with E-state index in [1.54, 1.807) is 7.05 Å². The second-order valence-corrected chi connectivity index (χ2v) is 5.59. The second kappa shape index (κ2) is 10.8. The van der Waals surface area contributed by atoms with Crippen molar-refractivity contribution in [1.29, 1.82) is 0 Å². The molecule has 1 aromatic carbocycles. The Morgan fingerprint density at radius 1 is 1.17 bits per heavy atom. The van der Waals surface area contributed by atoms with E-state index >= 15 is 0 Å². The highest BCUT2D eigenvalue weighted by Crippen LogP contribution is 2.30. The van der Waals surface area contributed by atoms with Crippen LogP contribution in [0.25, 0.3) is 0 Å². The standard InChI is InChI=1S/C18H29N3O3/c1-3-22-10-5-4-9-20-18(19-2)21-14-15-7-8-16-17(13-15)24-12-6-11-23-16/h7-8,13H,3-6,9-12,14H2,1-2H3,(H2,19,20,21). The zero-order chi connectivity index (χ0) is 17.0. The topological polar surface area (TPSA) is 64.1 Å². The number of fused-ring (bicyclic) bond motifs is 1. The summed E-state index contributed by atoms with van der Waals surface area (Å²) in [4.78, 5) is 4.25. The van der Waals surface area contributed by atoms with Crippen LogP contribution >= 0.6 is 0 Å². The second-order valence-electron chi connectivity index (χ2n) is 5.59. The van der Waals surface area contributed by atoms with Gasteiger partial charge < -0.3 is 24.8 Å². The van der Waals surface area contributed by atoms with Gasteiger partial charge in [-0.05, 0) is 37.5 Å². The SMILES string of the molecule is CCOCCCCNC(=NC)NCc1ccc2c(c1)OCCCO2. The number of hydrogen-bond donors (Lipinski definition) is 2. The Morgan fingerprint density at radius 2 is 2.00 bits per heavy atom. The molecule has 0 atom stereocenters. The molecule has 0 amide bonds. The van der Waals surface area contributed by atoms with Crippen molar-refractivity contribution < 1.29 is 14.2 Å². The number of aliphatic imine (C=N–C) groups is 1. The minimum atomic E-state index is 0.690. The van der Waals surface area contributed by atoms with Crippen LogP contribution in [0.5, 0.6) is 11.5 Å². The average Bonchev–Trinajstić information content (AvgIpc) is 2.85. The number of ether oxygens (including phenoxy) is 3. The Morgan fingerprint density at radius 3 is 2.79 bits per heavy atom. The first-order chi connectivity index (χ1) is 11.8. The van der Waals surface area contributed by atoms with E-state index in [1.807, 2.05) is 19.1 Å². The lowest BCUT2D eigenvalue weighted by Crippen LogP contribution is -2.37. The van der Waals surface area contributed by atoms with E-state index < -0.39 is 0 Å². The van der Waals surface area contributed by atoms with Gasteiger partial charge >= 0.3 is 0 Å². The summed E-state index contributed by atoms with van der Waals surface area (Å²) < 4.78 is 16.7. The van der Waals surface area contributed by atoms with Gasteiger partial charge in [0.15, 0.2) is 17.5 Å². The Labute approximate surface area is 144 Å². The van der Waals surface area contributed by atoms with Gasteiger partial charge in [-0.25, -0.2) is 0 Å². The molecule has 0 aliphatic carbocycles. The largest absolute Gasteiger partial charge is 0.490 e. The lowest BCUT2D eigenvalue weighted by Gasteiger charge is -2.13. The molecule has 2 rings (SSSR count). The third-order valence-electron chi connectivity index (χ3n) is 3.71. The van der Waals surface area contributed by atoms with Gasteiger partial charge in [0.25, 0.3) is 0 Å². The molecule has 1 aromatic rings. The predicted octanol–water partition coefficient (Wildman–Crippen LogP) is 2.33. The normalized spacial score (nSPS) is 14.2. The van der Waals surface area contributed by atoms with Gasteiger partial charge in [-0.15, -0.1) is 0 Å². The zero-order valence-electron chi connectivity index (χ0n) is 14.8. The number of rotatable bonds is 8. The van der Waals surface area contributed by atoms with Gasteiger partial charge in [0.1, 0.15) is 0 Å². The van der Waals surface area contributed by atoms with Crippen LogP contribution in [0.2, 0.25) is 0 Å². The number of nitrogens with zero attached hydrogens (tertiary/aromatic N) is 1. The summed E-state index contributed by atoms with van der Waals surface area (Å²) in [6, 6.07) is 6.06. The molecule has 1 heterocycles. The van der Waals surface area contributed by atoms with Crippen molar-refractivity contribution in [2.75, 3.05) is 40.0 Å². The lowest BCUT2D eigenvalue weighted by molar-refractivity contribution is 0.143. The quantitative estimate of drug-likeness (QED) is 0.434. The third kappa shape index (κ3) is 6.28. The number of benzene rings is 1. The van der Waals surface area contributed by atoms with Crippen molar-refractivity contribution in [1.82, 2.24) is 10.6 Å². The minimum Gasteiger partial charge on any atom is -0.490 e. The number of unbranched alkanes of at least 4 members (excludes halogenated alkanes) is 1. The summed E-state index contributed by atoms with van der Waals surface area (Å²) in [5.74, 6) is 2.46. The van der Waals surface area contributed by atoms with E-state index in [0.717, 1.165) is 62.0 Å². The van der Waals surface area contributed by atoms with Crippen LogP contribution in [-0.4, -0.2) is 46.0 Å². The third-order valence-corrected chi connectivity index (χ3v) is 3.71. The lowest BCUT2D eigenvalue weighted by atomic mass is 10.2. The molecule has 1 aliphatic heterocycles. The van der Waals surface area contributed by atoms with Crippen LogP contribution in [0.15, 0.2) is 23.2 Å². The van der Waals surface area contributed by atoms with Gasteiger partial charge in [0.2, 0.25) is 0 Å². The Bertz CT molecular complexity index is 520. The molecule has 0 bridgehead atoms. The highest BCUT2D eigenvalue weighted by molar-refractivity contribution is 5.79. The molecule has 0 unspecified atom stereocenters. The number of guanidine groups is 1. The Hall–Kier alpha value is -1.95. The first-order valence-corrected chi connectivity index (χ1v) is 8.74. The van der Waals surface area contributed by atoms with Gasteiger partial charge in [-0.1, -0.05) is 6.07 Å². The summed E-state index contributed by atoms with van der Waals surface area (Å²) in [6.45, 7) is 6.61. The molecule has 24 heavy (non-hydrogen) atoms. The summed E-state index contributed by atoms with van der Waals surface area (Å²) >= 11 is 0. The van der Waals surface area contributed by atoms with Crippen molar-refractivity contribution in [2.45, 2.75) is 32.7 Å². The Kier molecular flexibility index (Phi) is 8.24. The summed E-state index contributed by atoms with van der Waals surface area (Å²) in [5.41, 5.74) is 1.14. The molecule has 134 valence electrons. The molecule has 6 nitrogen and oxygen atoms in total. The first kappa shape index (κ1) is 18.4. The van der Waals surface area contributed by atoms with E-state index in [0.29, 0.717) is 19.8 Å². The van der Waals surface area contributed by atoms with Gasteiger partial charge in [0.05, 0.1) is 13.2 Å². The summed E-state index contributed by atoms with van der Waals surface area (Å²) in [6.07, 6.45) is 3.03. The van der Waals surface area contributed by atoms with Crippen molar-refractivity contribution >= 4 is 5.96 Å². The fourth-order valence-electron chi connectivity index (χ4n) is 2.40. The van der Waals surface area contributed by atoms with Gasteiger partial charge in [0, 0.05) is 39.8 Å². The van der Waals surface area contributed by atoms with Crippen LogP contribution < -0.4 is 20.1 Å². The van der Waals surface area contributed by atoms with Gasteiger partial charge in [-0.3, -0.25) is 4.99 Å². The highest BCUT2D eigenvalue weighted by Gasteiger charge is 2.10. The molecule has 0 spiro atoms. The van der Waals surface area contributed by atoms with Crippen LogP contribution in [0.1, 0.15) is 31.7 Å². The van der Waals surface area contributed by atoms with Crippen LogP contribution in [0, 0.1) is 0 Å². The van der Waals surface area contributed by atoms with Gasteiger partial charge in [-0.2, -0.15) is 0 Å². The first-order valence-electron chi connectivity index (χ1n) is 8.74. The molecule has 0 radical (unpaired) electrons. The maximum absolute atomic E-state index is 5.72. The van der Waals surface area contributed by atoms with E-state index in [2.05, 4.69) is 21.7 Å². The zero-order valence-corrected chi connectivity index (χ0v) is 14.8. The minimum absolute atomic E-state index is 0.690. The van der Waals surface area contributed by atoms with E-state index in [-0.39, 0.29) is 0 Å². The maximum atomic E-state index is 5.72. The number of hydrogen-bond acceptors (Lipinski definition) is 4. The number of nitrogens with one attached hydrogen (secondary N) is 2. The summed E-state index contributed by atoms with van der Waals surface area (Å²) in [5, 5.41) is 6.64. The molecular formula is C18H29N3O3. The average molecular weight is 335 g/mol. The highest BCUT2D eigenvalue weighted by atomic mass is 16.5. The van der Waals surface area contributed by atoms with E-state index in [4.69, 9.17) is 14.2 Å². The van der Waals surface area contributed by atoms with E-state index in [1.165, 1.54) is 0 Å². The molecule has 1 aliphatic rings. The molecule has 2 N–H and O–H groups in total. The monoisotopic (exact) mass is 335 g/mol. The van der Waals surface area contributed by atoms with Crippen molar-refractivity contribution in [2.24, 2.45) is 4.99 Å². The summed E-state index contributed by atoms with van der Waals surface area (Å²) in [7, 11) is 1.78. The van der Waals surface area contributed by atoms with Crippen LogP contribution in [0.4, 0.5) is 0 Å².